The van der Waals surface area contributed by atoms with Gasteiger partial charge >= 0.3 is 6.03 Å². The highest BCUT2D eigenvalue weighted by Crippen LogP contribution is 2.28. The van der Waals surface area contributed by atoms with Gasteiger partial charge in [0.2, 0.25) is 0 Å². The minimum Gasteiger partial charge on any atom is -0.490 e. The van der Waals surface area contributed by atoms with Gasteiger partial charge in [-0.3, -0.25) is 15.1 Å². The molecule has 1 aromatic heterocycles. The Hall–Kier alpha value is -3.67. The maximum absolute atomic E-state index is 12.7. The number of rotatable bonds is 6. The average molecular weight is 395 g/mol. The number of hydrogen-bond acceptors (Lipinski definition) is 6. The van der Waals surface area contributed by atoms with Crippen molar-refractivity contribution >= 4 is 11.7 Å². The third kappa shape index (κ3) is 4.99. The molecule has 2 heterocycles. The first-order chi connectivity index (χ1) is 14.1. The third-order valence-electron chi connectivity index (χ3n) is 4.83. The average Bonchev–Trinajstić information content (AvgIpc) is 2.76. The van der Waals surface area contributed by atoms with Gasteiger partial charge in [-0.15, -0.1) is 0 Å². The molecule has 1 aliphatic rings. The van der Waals surface area contributed by atoms with Crippen LogP contribution in [0.15, 0.2) is 42.7 Å². The number of amides is 2. The number of likely N-dealkylation sites (tertiary alicyclic amines) is 1. The largest absolute Gasteiger partial charge is 0.490 e. The summed E-state index contributed by atoms with van der Waals surface area (Å²) in [4.78, 5) is 28.8. The van der Waals surface area contributed by atoms with Crippen molar-refractivity contribution in [2.45, 2.75) is 31.8 Å². The lowest BCUT2D eigenvalue weighted by atomic mass is 10.0. The molecular weight excluding hydrogens is 374 g/mol. The van der Waals surface area contributed by atoms with E-state index in [9.17, 15) is 20.2 Å². The summed E-state index contributed by atoms with van der Waals surface area (Å²) < 4.78 is 5.74. The van der Waals surface area contributed by atoms with Crippen LogP contribution in [0.4, 0.5) is 10.5 Å². The second kappa shape index (κ2) is 9.50. The minimum atomic E-state index is -0.606. The van der Waals surface area contributed by atoms with Gasteiger partial charge in [-0.25, -0.2) is 4.79 Å². The molecule has 9 nitrogen and oxygen atoms in total. The fraction of sp³-hybridized carbons (Fsp3) is 0.350. The van der Waals surface area contributed by atoms with Crippen molar-refractivity contribution in [3.8, 4) is 11.8 Å². The first kappa shape index (κ1) is 20.1. The first-order valence-corrected chi connectivity index (χ1v) is 9.34. The zero-order valence-corrected chi connectivity index (χ0v) is 15.8. The summed E-state index contributed by atoms with van der Waals surface area (Å²) in [6.07, 6.45) is 5.97. The summed E-state index contributed by atoms with van der Waals surface area (Å²) in [6.45, 7) is 1.17. The molecule has 0 aliphatic carbocycles. The van der Waals surface area contributed by atoms with Crippen LogP contribution in [0.2, 0.25) is 0 Å². The Bertz CT molecular complexity index is 913. The molecule has 0 saturated carbocycles. The van der Waals surface area contributed by atoms with Gasteiger partial charge in [-0.2, -0.15) is 5.26 Å². The smallest absolute Gasteiger partial charge is 0.318 e. The number of carbonyl (C=O) groups excluding carboxylic acids is 1. The molecule has 3 rings (SSSR count). The Labute approximate surface area is 168 Å². The lowest BCUT2D eigenvalue weighted by Crippen LogP contribution is -2.50. The molecule has 1 aromatic carbocycles. The Balaban J connectivity index is 1.65. The number of nitrogens with one attached hydrogen (secondary N) is 1. The monoisotopic (exact) mass is 395 g/mol. The summed E-state index contributed by atoms with van der Waals surface area (Å²) in [6, 6.07) is 9.43. The quantitative estimate of drug-likeness (QED) is 0.593. The lowest BCUT2D eigenvalue weighted by molar-refractivity contribution is -0.385. The summed E-state index contributed by atoms with van der Waals surface area (Å²) >= 11 is 0. The minimum absolute atomic E-state index is 0.109. The number of nitriles is 1. The van der Waals surface area contributed by atoms with Crippen LogP contribution in [-0.2, 0) is 6.54 Å². The van der Waals surface area contributed by atoms with E-state index in [4.69, 9.17) is 4.74 Å². The van der Waals surface area contributed by atoms with Crippen LogP contribution < -0.4 is 10.1 Å². The fourth-order valence-electron chi connectivity index (χ4n) is 3.31. The van der Waals surface area contributed by atoms with E-state index in [2.05, 4.69) is 10.3 Å². The molecule has 2 amide bonds. The topological polar surface area (TPSA) is 121 Å². The van der Waals surface area contributed by atoms with Gasteiger partial charge < -0.3 is 15.0 Å². The van der Waals surface area contributed by atoms with Crippen molar-refractivity contribution in [2.24, 2.45) is 0 Å². The van der Waals surface area contributed by atoms with Crippen LogP contribution in [0.25, 0.3) is 0 Å². The number of pyridine rings is 1. The van der Waals surface area contributed by atoms with Crippen LogP contribution in [0.5, 0.6) is 5.75 Å². The van der Waals surface area contributed by atoms with E-state index in [-0.39, 0.29) is 35.7 Å². The summed E-state index contributed by atoms with van der Waals surface area (Å²) in [5, 5.41) is 23.3. The van der Waals surface area contributed by atoms with Crippen molar-refractivity contribution in [3.05, 3.63) is 64.0 Å². The standard InChI is InChI=1S/C20H21N5O4/c21-12-17-18(25(27)28)5-3-6-19(17)29-14-16-4-1-2-11-24(16)20(26)23-13-15-7-9-22-10-8-15/h3,5-10,16H,1-2,4,11,13-14H2,(H,23,26). The Morgan fingerprint density at radius 3 is 2.86 bits per heavy atom. The van der Waals surface area contributed by atoms with Crippen molar-refractivity contribution in [3.63, 3.8) is 0 Å². The van der Waals surface area contributed by atoms with Gasteiger partial charge in [0.15, 0.2) is 5.56 Å². The number of nitro groups is 1. The Kier molecular flexibility index (Phi) is 6.58. The predicted molar refractivity (Wildman–Crippen MR) is 104 cm³/mol. The first-order valence-electron chi connectivity index (χ1n) is 9.34. The van der Waals surface area contributed by atoms with Gasteiger partial charge in [0.05, 0.1) is 11.0 Å². The van der Waals surface area contributed by atoms with Crippen molar-refractivity contribution in [2.75, 3.05) is 13.2 Å². The van der Waals surface area contributed by atoms with Crippen molar-refractivity contribution < 1.29 is 14.5 Å². The molecule has 1 aliphatic heterocycles. The summed E-state index contributed by atoms with van der Waals surface area (Å²) in [5.74, 6) is 0.157. The van der Waals surface area contributed by atoms with Crippen molar-refractivity contribution in [1.29, 1.82) is 5.26 Å². The molecule has 1 saturated heterocycles. The molecule has 0 radical (unpaired) electrons. The van der Waals surface area contributed by atoms with Gasteiger partial charge in [0, 0.05) is 31.5 Å². The van der Waals surface area contributed by atoms with E-state index < -0.39 is 4.92 Å². The van der Waals surface area contributed by atoms with Crippen molar-refractivity contribution in [1.82, 2.24) is 15.2 Å². The number of carbonyl (C=O) groups is 1. The van der Waals surface area contributed by atoms with Gasteiger partial charge in [0.25, 0.3) is 5.69 Å². The highest BCUT2D eigenvalue weighted by molar-refractivity contribution is 5.74. The molecule has 29 heavy (non-hydrogen) atoms. The normalized spacial score (nSPS) is 16.0. The molecule has 1 fully saturated rings. The predicted octanol–water partition coefficient (Wildman–Crippen LogP) is 3.00. The van der Waals surface area contributed by atoms with Crippen LogP contribution in [0.1, 0.15) is 30.4 Å². The molecule has 2 aromatic rings. The molecule has 150 valence electrons. The van der Waals surface area contributed by atoms with Crippen LogP contribution in [-0.4, -0.2) is 40.0 Å². The highest BCUT2D eigenvalue weighted by atomic mass is 16.6. The molecule has 0 spiro atoms. The van der Waals surface area contributed by atoms with Gasteiger partial charge in [-0.1, -0.05) is 6.07 Å². The molecule has 1 unspecified atom stereocenters. The second-order valence-electron chi connectivity index (χ2n) is 6.69. The maximum Gasteiger partial charge on any atom is 0.318 e. The van der Waals surface area contributed by atoms with Crippen LogP contribution in [0, 0.1) is 21.4 Å². The highest BCUT2D eigenvalue weighted by Gasteiger charge is 2.28. The Morgan fingerprint density at radius 1 is 1.34 bits per heavy atom. The number of hydrogen-bond donors (Lipinski definition) is 1. The van der Waals surface area contributed by atoms with E-state index in [0.29, 0.717) is 13.1 Å². The van der Waals surface area contributed by atoms with Crippen LogP contribution >= 0.6 is 0 Å². The SMILES string of the molecule is N#Cc1c(OCC2CCCCN2C(=O)NCc2ccncc2)cccc1[N+](=O)[O-]. The number of nitrogens with zero attached hydrogens (tertiary/aromatic N) is 4. The van der Waals surface area contributed by atoms with Crippen LogP contribution in [0.3, 0.4) is 0 Å². The zero-order chi connectivity index (χ0) is 20.6. The summed E-state index contributed by atoms with van der Waals surface area (Å²) in [5.41, 5.74) is 0.552. The number of urea groups is 1. The number of aromatic nitrogens is 1. The summed E-state index contributed by atoms with van der Waals surface area (Å²) in [7, 11) is 0. The molecular formula is C20H21N5O4. The van der Waals surface area contributed by atoms with Gasteiger partial charge in [0.1, 0.15) is 18.4 Å². The number of benzene rings is 1. The number of ether oxygens (including phenoxy) is 1. The molecule has 1 N–H and O–H groups in total. The zero-order valence-electron chi connectivity index (χ0n) is 15.8. The number of nitro benzene ring substituents is 1. The molecule has 9 heteroatoms. The number of piperidine rings is 1. The van der Waals surface area contributed by atoms with E-state index in [1.54, 1.807) is 17.3 Å². The fourth-order valence-corrected chi connectivity index (χ4v) is 3.31. The van der Waals surface area contributed by atoms with E-state index in [1.165, 1.54) is 18.2 Å². The molecule has 1 atom stereocenters. The van der Waals surface area contributed by atoms with E-state index in [1.807, 2.05) is 18.2 Å². The molecule has 0 bridgehead atoms. The van der Waals surface area contributed by atoms with E-state index in [0.717, 1.165) is 24.8 Å². The second-order valence-corrected chi connectivity index (χ2v) is 6.69. The van der Waals surface area contributed by atoms with Gasteiger partial charge in [-0.05, 0) is 43.0 Å². The lowest BCUT2D eigenvalue weighted by Gasteiger charge is -2.35. The maximum atomic E-state index is 12.7. The Morgan fingerprint density at radius 2 is 2.14 bits per heavy atom. The third-order valence-corrected chi connectivity index (χ3v) is 4.83. The van der Waals surface area contributed by atoms with E-state index >= 15 is 0 Å².